The maximum absolute atomic E-state index is 12.1. The summed E-state index contributed by atoms with van der Waals surface area (Å²) in [6.45, 7) is 4.29. The predicted molar refractivity (Wildman–Crippen MR) is 105 cm³/mol. The van der Waals surface area contributed by atoms with E-state index in [4.69, 9.17) is 18.9 Å². The minimum absolute atomic E-state index is 0.341. The van der Waals surface area contributed by atoms with E-state index < -0.39 is 18.5 Å². The van der Waals surface area contributed by atoms with Crippen LogP contribution in [0, 0.1) is 5.92 Å². The molecule has 0 aromatic heterocycles. The van der Waals surface area contributed by atoms with Gasteiger partial charge in [0, 0.05) is 23.9 Å². The summed E-state index contributed by atoms with van der Waals surface area (Å²) in [5.74, 6) is 1.09. The third kappa shape index (κ3) is 6.50. The minimum atomic E-state index is -0.589. The van der Waals surface area contributed by atoms with E-state index in [-0.39, 0.29) is 0 Å². The molecular formula is C21H25NO6. The average Bonchev–Trinajstić information content (AvgIpc) is 2.70. The Labute approximate surface area is 164 Å². The van der Waals surface area contributed by atoms with Gasteiger partial charge in [-0.25, -0.2) is 4.79 Å². The molecule has 1 N–H and O–H groups in total. The normalized spacial score (nSPS) is 10.3. The number of anilines is 1. The van der Waals surface area contributed by atoms with Crippen LogP contribution in [0.15, 0.2) is 42.5 Å². The number of rotatable bonds is 9. The SMILES string of the molecule is COc1cc(NC(=O)COC(=O)c2ccc(OCC(C)C)cc2)cc(OC)c1. The van der Waals surface area contributed by atoms with Gasteiger partial charge in [0.1, 0.15) is 17.2 Å². The molecule has 0 fully saturated rings. The van der Waals surface area contributed by atoms with E-state index >= 15 is 0 Å². The molecule has 0 heterocycles. The second-order valence-electron chi connectivity index (χ2n) is 6.45. The zero-order valence-electron chi connectivity index (χ0n) is 16.5. The summed E-state index contributed by atoms with van der Waals surface area (Å²) >= 11 is 0. The summed E-state index contributed by atoms with van der Waals surface area (Å²) in [5.41, 5.74) is 0.816. The molecule has 28 heavy (non-hydrogen) atoms. The van der Waals surface area contributed by atoms with E-state index in [2.05, 4.69) is 19.2 Å². The molecule has 0 bridgehead atoms. The number of methoxy groups -OCH3 is 2. The van der Waals surface area contributed by atoms with Crippen LogP contribution in [0.1, 0.15) is 24.2 Å². The summed E-state index contributed by atoms with van der Waals surface area (Å²) in [5, 5.41) is 2.64. The van der Waals surface area contributed by atoms with E-state index in [0.717, 1.165) is 0 Å². The highest BCUT2D eigenvalue weighted by molar-refractivity contribution is 5.95. The van der Waals surface area contributed by atoms with Crippen molar-refractivity contribution in [2.75, 3.05) is 32.8 Å². The molecule has 2 aromatic rings. The van der Waals surface area contributed by atoms with Crippen LogP contribution in [0.3, 0.4) is 0 Å². The smallest absolute Gasteiger partial charge is 0.338 e. The lowest BCUT2D eigenvalue weighted by Gasteiger charge is -2.11. The largest absolute Gasteiger partial charge is 0.497 e. The van der Waals surface area contributed by atoms with Gasteiger partial charge in [-0.1, -0.05) is 13.8 Å². The molecule has 0 radical (unpaired) electrons. The molecule has 0 aliphatic heterocycles. The first-order valence-electron chi connectivity index (χ1n) is 8.84. The molecule has 0 aliphatic carbocycles. The first-order chi connectivity index (χ1) is 13.4. The molecule has 7 nitrogen and oxygen atoms in total. The topological polar surface area (TPSA) is 83.1 Å². The Bertz CT molecular complexity index is 779. The van der Waals surface area contributed by atoms with Crippen molar-refractivity contribution in [3.63, 3.8) is 0 Å². The Morgan fingerprint density at radius 2 is 1.54 bits per heavy atom. The predicted octanol–water partition coefficient (Wildman–Crippen LogP) is 3.53. The van der Waals surface area contributed by atoms with Gasteiger partial charge in [0.05, 0.1) is 26.4 Å². The van der Waals surface area contributed by atoms with E-state index in [0.29, 0.717) is 41.0 Å². The van der Waals surface area contributed by atoms with Crippen molar-refractivity contribution in [1.82, 2.24) is 0 Å². The number of carbonyl (C=O) groups excluding carboxylic acids is 2. The van der Waals surface area contributed by atoms with Gasteiger partial charge < -0.3 is 24.3 Å². The third-order valence-corrected chi connectivity index (χ3v) is 3.64. The second kappa shape index (κ2) is 10.2. The molecule has 0 atom stereocenters. The van der Waals surface area contributed by atoms with E-state index in [1.54, 1.807) is 42.5 Å². The quantitative estimate of drug-likeness (QED) is 0.663. The molecule has 0 saturated carbocycles. The maximum Gasteiger partial charge on any atom is 0.338 e. The van der Waals surface area contributed by atoms with Crippen LogP contribution < -0.4 is 19.5 Å². The lowest BCUT2D eigenvalue weighted by atomic mass is 10.2. The van der Waals surface area contributed by atoms with Crippen LogP contribution in [0.4, 0.5) is 5.69 Å². The first-order valence-corrected chi connectivity index (χ1v) is 8.84. The number of ether oxygens (including phenoxy) is 4. The molecule has 0 saturated heterocycles. The number of hydrogen-bond donors (Lipinski definition) is 1. The van der Waals surface area contributed by atoms with E-state index in [9.17, 15) is 9.59 Å². The van der Waals surface area contributed by atoms with Crippen LogP contribution in [-0.2, 0) is 9.53 Å². The van der Waals surface area contributed by atoms with Crippen LogP contribution in [0.25, 0.3) is 0 Å². The van der Waals surface area contributed by atoms with Gasteiger partial charge in [-0.2, -0.15) is 0 Å². The summed E-state index contributed by atoms with van der Waals surface area (Å²) in [6.07, 6.45) is 0. The fourth-order valence-corrected chi connectivity index (χ4v) is 2.24. The Hall–Kier alpha value is -3.22. The molecule has 0 aliphatic rings. The monoisotopic (exact) mass is 387 g/mol. The van der Waals surface area contributed by atoms with Crippen molar-refractivity contribution in [3.8, 4) is 17.2 Å². The zero-order chi connectivity index (χ0) is 20.5. The fraction of sp³-hybridized carbons (Fsp3) is 0.333. The van der Waals surface area contributed by atoms with Crippen molar-refractivity contribution in [1.29, 1.82) is 0 Å². The van der Waals surface area contributed by atoms with E-state index in [1.807, 2.05) is 0 Å². The zero-order valence-corrected chi connectivity index (χ0v) is 16.5. The van der Waals surface area contributed by atoms with Gasteiger partial charge in [0.15, 0.2) is 6.61 Å². The average molecular weight is 387 g/mol. The Morgan fingerprint density at radius 1 is 0.929 bits per heavy atom. The number of carbonyl (C=O) groups is 2. The van der Waals surface area contributed by atoms with Gasteiger partial charge in [-0.05, 0) is 30.2 Å². The van der Waals surface area contributed by atoms with Crippen LogP contribution in [0.5, 0.6) is 17.2 Å². The molecular weight excluding hydrogens is 362 g/mol. The standard InChI is InChI=1S/C21H25NO6/c1-14(2)12-27-17-7-5-15(6-8-17)21(24)28-13-20(23)22-16-9-18(25-3)11-19(10-16)26-4/h5-11,14H,12-13H2,1-4H3,(H,22,23). The molecule has 0 spiro atoms. The molecule has 2 rings (SSSR count). The van der Waals surface area contributed by atoms with Gasteiger partial charge in [0.2, 0.25) is 0 Å². The number of esters is 1. The van der Waals surface area contributed by atoms with Gasteiger partial charge in [-0.3, -0.25) is 4.79 Å². The van der Waals surface area contributed by atoms with Gasteiger partial charge in [0.25, 0.3) is 5.91 Å². The highest BCUT2D eigenvalue weighted by atomic mass is 16.5. The summed E-state index contributed by atoms with van der Waals surface area (Å²) in [7, 11) is 3.03. The van der Waals surface area contributed by atoms with Crippen molar-refractivity contribution >= 4 is 17.6 Å². The summed E-state index contributed by atoms with van der Waals surface area (Å²) in [4.78, 5) is 24.2. The summed E-state index contributed by atoms with van der Waals surface area (Å²) < 4.78 is 20.9. The number of amides is 1. The van der Waals surface area contributed by atoms with Crippen LogP contribution in [-0.4, -0.2) is 39.3 Å². The number of benzene rings is 2. The highest BCUT2D eigenvalue weighted by Crippen LogP contribution is 2.25. The van der Waals surface area contributed by atoms with Crippen molar-refractivity contribution in [2.24, 2.45) is 5.92 Å². The Balaban J connectivity index is 1.87. The second-order valence-corrected chi connectivity index (χ2v) is 6.45. The Morgan fingerprint density at radius 3 is 2.07 bits per heavy atom. The lowest BCUT2D eigenvalue weighted by Crippen LogP contribution is -2.21. The van der Waals surface area contributed by atoms with Crippen molar-refractivity contribution < 1.29 is 28.5 Å². The van der Waals surface area contributed by atoms with Gasteiger partial charge >= 0.3 is 5.97 Å². The number of nitrogens with one attached hydrogen (secondary N) is 1. The molecule has 0 unspecified atom stereocenters. The van der Waals surface area contributed by atoms with Crippen LogP contribution >= 0.6 is 0 Å². The first kappa shape index (κ1) is 21.1. The minimum Gasteiger partial charge on any atom is -0.497 e. The van der Waals surface area contributed by atoms with Gasteiger partial charge in [-0.15, -0.1) is 0 Å². The molecule has 1 amide bonds. The third-order valence-electron chi connectivity index (χ3n) is 3.64. The molecule has 7 heteroatoms. The van der Waals surface area contributed by atoms with Crippen molar-refractivity contribution in [2.45, 2.75) is 13.8 Å². The maximum atomic E-state index is 12.1. The fourth-order valence-electron chi connectivity index (χ4n) is 2.24. The lowest BCUT2D eigenvalue weighted by molar-refractivity contribution is -0.119. The molecule has 2 aromatic carbocycles. The van der Waals surface area contributed by atoms with Crippen molar-refractivity contribution in [3.05, 3.63) is 48.0 Å². The highest BCUT2D eigenvalue weighted by Gasteiger charge is 2.12. The number of hydrogen-bond acceptors (Lipinski definition) is 6. The Kier molecular flexibility index (Phi) is 7.68. The van der Waals surface area contributed by atoms with E-state index in [1.165, 1.54) is 14.2 Å². The summed E-state index contributed by atoms with van der Waals surface area (Å²) in [6, 6.07) is 11.6. The molecule has 150 valence electrons. The van der Waals surface area contributed by atoms with Crippen LogP contribution in [0.2, 0.25) is 0 Å².